The summed E-state index contributed by atoms with van der Waals surface area (Å²) < 4.78 is 11.5. The van der Waals surface area contributed by atoms with Crippen LogP contribution in [0.4, 0.5) is 5.69 Å². The monoisotopic (exact) mass is 237 g/mol. The third kappa shape index (κ3) is 2.57. The molecule has 0 aromatic heterocycles. The Morgan fingerprint density at radius 2 is 2.12 bits per heavy atom. The number of hydrogen-bond donors (Lipinski definition) is 1. The Kier molecular flexibility index (Phi) is 3.85. The van der Waals surface area contributed by atoms with E-state index in [2.05, 4.69) is 4.99 Å². The average Bonchev–Trinajstić information content (AvgIpc) is 2.67. The van der Waals surface area contributed by atoms with Crippen LogP contribution >= 0.6 is 0 Å². The van der Waals surface area contributed by atoms with Crippen molar-refractivity contribution in [1.29, 1.82) is 0 Å². The first-order valence-corrected chi connectivity index (χ1v) is 6.71. The summed E-state index contributed by atoms with van der Waals surface area (Å²) in [5, 5.41) is 8.67. The molecule has 0 saturated heterocycles. The largest absolute Gasteiger partial charge is 0.396 e. The van der Waals surface area contributed by atoms with Crippen molar-refractivity contribution in [3.05, 3.63) is 23.8 Å². The summed E-state index contributed by atoms with van der Waals surface area (Å²) in [4.78, 5) is 4.91. The highest BCUT2D eigenvalue weighted by molar-refractivity contribution is 7.99. The van der Waals surface area contributed by atoms with Crippen molar-refractivity contribution >= 4 is 22.0 Å². The fourth-order valence-corrected chi connectivity index (χ4v) is 2.68. The molecule has 4 heteroatoms. The van der Waals surface area contributed by atoms with Crippen LogP contribution in [-0.4, -0.2) is 21.5 Å². The minimum absolute atomic E-state index is 0.266. The molecule has 86 valence electrons. The van der Waals surface area contributed by atoms with E-state index in [1.807, 2.05) is 18.2 Å². The van der Waals surface area contributed by atoms with Gasteiger partial charge in [0, 0.05) is 6.61 Å². The van der Waals surface area contributed by atoms with Gasteiger partial charge in [-0.15, -0.1) is 0 Å². The first kappa shape index (κ1) is 11.5. The van der Waals surface area contributed by atoms with Gasteiger partial charge in [-0.25, -0.2) is 9.20 Å². The number of unbranched alkanes of at least 4 members (excludes halogenated alkanes) is 2. The van der Waals surface area contributed by atoms with E-state index in [0.717, 1.165) is 36.3 Å². The second kappa shape index (κ2) is 5.37. The Balaban J connectivity index is 1.97. The molecule has 1 aliphatic rings. The molecule has 1 N–H and O–H groups in total. The van der Waals surface area contributed by atoms with E-state index in [1.54, 1.807) is 0 Å². The van der Waals surface area contributed by atoms with E-state index in [9.17, 15) is 4.21 Å². The lowest BCUT2D eigenvalue weighted by atomic mass is 10.1. The minimum Gasteiger partial charge on any atom is -0.396 e. The molecule has 0 fully saturated rings. The van der Waals surface area contributed by atoms with Crippen molar-refractivity contribution in [3.8, 4) is 0 Å². The number of nitrogens with zero attached hydrogens (tertiary/aromatic N) is 1. The Morgan fingerprint density at radius 3 is 2.94 bits per heavy atom. The molecule has 3 nitrogen and oxygen atoms in total. The van der Waals surface area contributed by atoms with Crippen LogP contribution in [0, 0.1) is 0 Å². The van der Waals surface area contributed by atoms with E-state index in [-0.39, 0.29) is 6.61 Å². The summed E-state index contributed by atoms with van der Waals surface area (Å²) >= 11 is 0. The topological polar surface area (TPSA) is 49.7 Å². The van der Waals surface area contributed by atoms with Crippen LogP contribution < -0.4 is 0 Å². The highest BCUT2D eigenvalue weighted by Crippen LogP contribution is 2.28. The Bertz CT molecular complexity index is 429. The summed E-state index contributed by atoms with van der Waals surface area (Å²) in [7, 11) is -1.05. The molecule has 1 unspecified atom stereocenters. The van der Waals surface area contributed by atoms with Gasteiger partial charge in [0.05, 0.1) is 26.9 Å². The molecule has 1 aromatic carbocycles. The maximum atomic E-state index is 11.5. The van der Waals surface area contributed by atoms with Crippen LogP contribution in [0.3, 0.4) is 0 Å². The molecule has 0 spiro atoms. The Morgan fingerprint density at radius 1 is 1.25 bits per heavy atom. The van der Waals surface area contributed by atoms with Gasteiger partial charge in [0.25, 0.3) is 0 Å². The van der Waals surface area contributed by atoms with Gasteiger partial charge in [0.2, 0.25) is 0 Å². The predicted molar refractivity (Wildman–Crippen MR) is 65.6 cm³/mol. The van der Waals surface area contributed by atoms with Gasteiger partial charge in [-0.2, -0.15) is 0 Å². The van der Waals surface area contributed by atoms with Crippen LogP contribution in [-0.2, 0) is 17.2 Å². The van der Waals surface area contributed by atoms with Gasteiger partial charge in [0.15, 0.2) is 0 Å². The standard InChI is InChI=1S/C12H15NO2S/c14-7-3-1-2-4-10-5-6-11-12(8-10)16(15)9-13-11/h5-6,8-9,14H,1-4,7H2. The quantitative estimate of drug-likeness (QED) is 0.798. The number of rotatable bonds is 5. The zero-order valence-corrected chi connectivity index (χ0v) is 9.87. The molecule has 1 aliphatic heterocycles. The molecule has 0 aliphatic carbocycles. The minimum atomic E-state index is -1.05. The molecule has 0 saturated carbocycles. The Labute approximate surface area is 97.7 Å². The average molecular weight is 237 g/mol. The maximum absolute atomic E-state index is 11.5. The van der Waals surface area contributed by atoms with Gasteiger partial charge in [-0.05, 0) is 37.0 Å². The van der Waals surface area contributed by atoms with Crippen molar-refractivity contribution in [2.24, 2.45) is 4.99 Å². The van der Waals surface area contributed by atoms with Crippen LogP contribution in [0.2, 0.25) is 0 Å². The zero-order chi connectivity index (χ0) is 11.4. The molecule has 16 heavy (non-hydrogen) atoms. The molecule has 1 aromatic rings. The number of hydrogen-bond acceptors (Lipinski definition) is 3. The summed E-state index contributed by atoms with van der Waals surface area (Å²) in [6.45, 7) is 0.266. The summed E-state index contributed by atoms with van der Waals surface area (Å²) in [6.07, 6.45) is 3.93. The van der Waals surface area contributed by atoms with Crippen LogP contribution in [0.25, 0.3) is 0 Å². The molecule has 1 heterocycles. The number of aliphatic hydroxyl groups excluding tert-OH is 1. The van der Waals surface area contributed by atoms with Gasteiger partial charge in [-0.1, -0.05) is 12.5 Å². The van der Waals surface area contributed by atoms with Crippen LogP contribution in [0.5, 0.6) is 0 Å². The SMILES string of the molecule is O=S1C=Nc2ccc(CCCCCO)cc21. The van der Waals surface area contributed by atoms with Crippen LogP contribution in [0.1, 0.15) is 24.8 Å². The molecular weight excluding hydrogens is 222 g/mol. The van der Waals surface area contributed by atoms with Gasteiger partial charge >= 0.3 is 0 Å². The van der Waals surface area contributed by atoms with Gasteiger partial charge < -0.3 is 5.11 Å². The molecular formula is C12H15NO2S. The van der Waals surface area contributed by atoms with E-state index >= 15 is 0 Å². The van der Waals surface area contributed by atoms with Crippen LogP contribution in [0.15, 0.2) is 28.1 Å². The lowest BCUT2D eigenvalue weighted by Crippen LogP contribution is -1.91. The molecule has 0 bridgehead atoms. The normalized spacial score (nSPS) is 17.7. The van der Waals surface area contributed by atoms with Gasteiger partial charge in [0.1, 0.15) is 0 Å². The number of aliphatic imine (C=N–C) groups is 1. The van der Waals surface area contributed by atoms with Crippen molar-refractivity contribution in [3.63, 3.8) is 0 Å². The fraction of sp³-hybridized carbons (Fsp3) is 0.417. The van der Waals surface area contributed by atoms with E-state index < -0.39 is 10.8 Å². The van der Waals surface area contributed by atoms with E-state index in [4.69, 9.17) is 5.11 Å². The summed E-state index contributed by atoms with van der Waals surface area (Å²) in [5.41, 5.74) is 3.52. The lowest BCUT2D eigenvalue weighted by Gasteiger charge is -2.03. The number of aryl methyl sites for hydroxylation is 1. The highest BCUT2D eigenvalue weighted by atomic mass is 32.2. The maximum Gasteiger partial charge on any atom is 0.0984 e. The molecule has 0 radical (unpaired) electrons. The number of aliphatic hydroxyl groups is 1. The van der Waals surface area contributed by atoms with Crippen molar-refractivity contribution < 1.29 is 9.32 Å². The lowest BCUT2D eigenvalue weighted by molar-refractivity contribution is 0.283. The Hall–Kier alpha value is -1.00. The predicted octanol–water partition coefficient (Wildman–Crippen LogP) is 2.17. The summed E-state index contributed by atoms with van der Waals surface area (Å²) in [5.74, 6) is 0. The van der Waals surface area contributed by atoms with E-state index in [0.29, 0.717) is 0 Å². The third-order valence-corrected chi connectivity index (χ3v) is 3.71. The highest BCUT2D eigenvalue weighted by Gasteiger charge is 2.13. The second-order valence-corrected chi connectivity index (χ2v) is 5.11. The third-order valence-electron chi connectivity index (χ3n) is 2.65. The molecule has 2 rings (SSSR count). The zero-order valence-electron chi connectivity index (χ0n) is 9.06. The first-order valence-electron chi connectivity index (χ1n) is 5.50. The van der Waals surface area contributed by atoms with Crippen molar-refractivity contribution in [2.45, 2.75) is 30.6 Å². The van der Waals surface area contributed by atoms with Crippen molar-refractivity contribution in [1.82, 2.24) is 0 Å². The smallest absolute Gasteiger partial charge is 0.0984 e. The molecule has 1 atom stereocenters. The van der Waals surface area contributed by atoms with E-state index in [1.165, 1.54) is 11.1 Å². The van der Waals surface area contributed by atoms with Gasteiger partial charge in [-0.3, -0.25) is 0 Å². The second-order valence-electron chi connectivity index (χ2n) is 3.87. The fourth-order valence-electron chi connectivity index (χ4n) is 1.76. The number of fused-ring (bicyclic) bond motifs is 1. The van der Waals surface area contributed by atoms with Crippen molar-refractivity contribution in [2.75, 3.05) is 6.61 Å². The summed E-state index contributed by atoms with van der Waals surface area (Å²) in [6, 6.07) is 5.95. The molecule has 0 amide bonds. The number of benzene rings is 1. The first-order chi connectivity index (χ1) is 7.81.